The lowest BCUT2D eigenvalue weighted by Gasteiger charge is -2.19. The molecule has 2 aromatic heterocycles. The van der Waals surface area contributed by atoms with E-state index >= 15 is 0 Å². The van der Waals surface area contributed by atoms with Crippen LogP contribution >= 0.6 is 0 Å². The Morgan fingerprint density at radius 2 is 1.77 bits per heavy atom. The zero-order valence-corrected chi connectivity index (χ0v) is 13.5. The number of pyridine rings is 1. The monoisotopic (exact) mass is 293 g/mol. The SMILES string of the molecule is CC(C)(C)c1ccc(-c2nc3ccccn3c2CCN)cc1. The number of nitrogens with two attached hydrogens (primary N) is 1. The molecule has 0 saturated heterocycles. The Morgan fingerprint density at radius 1 is 1.05 bits per heavy atom. The highest BCUT2D eigenvalue weighted by molar-refractivity contribution is 5.67. The zero-order valence-electron chi connectivity index (χ0n) is 13.5. The van der Waals surface area contributed by atoms with Gasteiger partial charge in [-0.15, -0.1) is 0 Å². The highest BCUT2D eigenvalue weighted by Crippen LogP contribution is 2.28. The largest absolute Gasteiger partial charge is 0.330 e. The Bertz CT molecular complexity index is 777. The summed E-state index contributed by atoms with van der Waals surface area (Å²) in [4.78, 5) is 4.80. The summed E-state index contributed by atoms with van der Waals surface area (Å²) < 4.78 is 2.14. The van der Waals surface area contributed by atoms with Crippen LogP contribution in [-0.4, -0.2) is 15.9 Å². The molecule has 3 nitrogen and oxygen atoms in total. The van der Waals surface area contributed by atoms with Crippen LogP contribution in [0.3, 0.4) is 0 Å². The summed E-state index contributed by atoms with van der Waals surface area (Å²) in [6, 6.07) is 14.8. The molecule has 0 atom stereocenters. The molecule has 2 heterocycles. The molecule has 3 rings (SSSR count). The van der Waals surface area contributed by atoms with Crippen molar-refractivity contribution in [3.63, 3.8) is 0 Å². The van der Waals surface area contributed by atoms with Crippen molar-refractivity contribution in [2.45, 2.75) is 32.6 Å². The van der Waals surface area contributed by atoms with Crippen LogP contribution in [0.15, 0.2) is 48.7 Å². The van der Waals surface area contributed by atoms with Crippen molar-refractivity contribution in [1.29, 1.82) is 0 Å². The Balaban J connectivity index is 2.11. The Kier molecular flexibility index (Phi) is 3.75. The van der Waals surface area contributed by atoms with Crippen molar-refractivity contribution in [2.24, 2.45) is 5.73 Å². The number of hydrogen-bond donors (Lipinski definition) is 1. The summed E-state index contributed by atoms with van der Waals surface area (Å²) in [6.07, 6.45) is 2.88. The molecular weight excluding hydrogens is 270 g/mol. The second kappa shape index (κ2) is 5.58. The van der Waals surface area contributed by atoms with Gasteiger partial charge in [0, 0.05) is 18.2 Å². The van der Waals surface area contributed by atoms with Crippen LogP contribution in [0.2, 0.25) is 0 Å². The van der Waals surface area contributed by atoms with E-state index in [0.29, 0.717) is 6.54 Å². The summed E-state index contributed by atoms with van der Waals surface area (Å²) in [5.41, 5.74) is 11.6. The van der Waals surface area contributed by atoms with Crippen LogP contribution in [0.5, 0.6) is 0 Å². The molecule has 0 spiro atoms. The van der Waals surface area contributed by atoms with Gasteiger partial charge in [-0.2, -0.15) is 0 Å². The van der Waals surface area contributed by atoms with Crippen molar-refractivity contribution in [3.8, 4) is 11.3 Å². The molecule has 3 heteroatoms. The van der Waals surface area contributed by atoms with Crippen LogP contribution in [0, 0.1) is 0 Å². The fourth-order valence-corrected chi connectivity index (χ4v) is 2.78. The number of imidazole rings is 1. The number of fused-ring (bicyclic) bond motifs is 1. The van der Waals surface area contributed by atoms with E-state index in [9.17, 15) is 0 Å². The molecule has 0 bridgehead atoms. The van der Waals surface area contributed by atoms with Gasteiger partial charge in [-0.3, -0.25) is 0 Å². The number of benzene rings is 1. The smallest absolute Gasteiger partial charge is 0.137 e. The average Bonchev–Trinajstić information content (AvgIpc) is 2.86. The standard InChI is InChI=1S/C19H23N3/c1-19(2,3)15-9-7-14(8-10-15)18-16(11-12-20)22-13-5-4-6-17(22)21-18/h4-10,13H,11-12,20H2,1-3H3. The molecule has 0 aliphatic heterocycles. The zero-order chi connectivity index (χ0) is 15.7. The lowest BCUT2D eigenvalue weighted by atomic mass is 9.86. The quantitative estimate of drug-likeness (QED) is 0.798. The number of nitrogens with zero attached hydrogens (tertiary/aromatic N) is 2. The Hall–Kier alpha value is -2.13. The topological polar surface area (TPSA) is 43.3 Å². The maximum Gasteiger partial charge on any atom is 0.137 e. The third-order valence-corrected chi connectivity index (χ3v) is 4.03. The Morgan fingerprint density at radius 3 is 2.41 bits per heavy atom. The highest BCUT2D eigenvalue weighted by atomic mass is 15.0. The maximum atomic E-state index is 5.80. The second-order valence-corrected chi connectivity index (χ2v) is 6.70. The first-order valence-electron chi connectivity index (χ1n) is 7.77. The van der Waals surface area contributed by atoms with Crippen LogP contribution in [0.25, 0.3) is 16.9 Å². The van der Waals surface area contributed by atoms with Gasteiger partial charge in [0.25, 0.3) is 0 Å². The molecule has 114 valence electrons. The molecule has 3 aromatic rings. The Labute approximate surface area is 131 Å². The van der Waals surface area contributed by atoms with E-state index in [0.717, 1.165) is 23.3 Å². The van der Waals surface area contributed by atoms with E-state index in [2.05, 4.69) is 55.6 Å². The van der Waals surface area contributed by atoms with E-state index in [-0.39, 0.29) is 5.41 Å². The molecule has 0 fully saturated rings. The first-order valence-corrected chi connectivity index (χ1v) is 7.77. The van der Waals surface area contributed by atoms with Crippen molar-refractivity contribution in [2.75, 3.05) is 6.54 Å². The van der Waals surface area contributed by atoms with Gasteiger partial charge in [-0.1, -0.05) is 51.1 Å². The lowest BCUT2D eigenvalue weighted by molar-refractivity contribution is 0.590. The summed E-state index contributed by atoms with van der Waals surface area (Å²) >= 11 is 0. The number of aromatic nitrogens is 2. The minimum absolute atomic E-state index is 0.164. The maximum absolute atomic E-state index is 5.80. The van der Waals surface area contributed by atoms with Gasteiger partial charge in [0.05, 0.1) is 11.4 Å². The summed E-state index contributed by atoms with van der Waals surface area (Å²) in [7, 11) is 0. The third-order valence-electron chi connectivity index (χ3n) is 4.03. The van der Waals surface area contributed by atoms with Crippen LogP contribution in [0.1, 0.15) is 32.0 Å². The van der Waals surface area contributed by atoms with E-state index < -0.39 is 0 Å². The van der Waals surface area contributed by atoms with Crippen molar-refractivity contribution in [1.82, 2.24) is 9.38 Å². The second-order valence-electron chi connectivity index (χ2n) is 6.70. The van der Waals surface area contributed by atoms with Gasteiger partial charge < -0.3 is 10.1 Å². The van der Waals surface area contributed by atoms with Gasteiger partial charge in [0.1, 0.15) is 5.65 Å². The van der Waals surface area contributed by atoms with Crippen LogP contribution in [0.4, 0.5) is 0 Å². The molecule has 2 N–H and O–H groups in total. The van der Waals surface area contributed by atoms with Crippen molar-refractivity contribution >= 4 is 5.65 Å². The summed E-state index contributed by atoms with van der Waals surface area (Å²) in [5.74, 6) is 0. The molecule has 0 aliphatic rings. The highest BCUT2D eigenvalue weighted by Gasteiger charge is 2.16. The van der Waals surface area contributed by atoms with Gasteiger partial charge in [0.2, 0.25) is 0 Å². The van der Waals surface area contributed by atoms with Crippen molar-refractivity contribution < 1.29 is 0 Å². The van der Waals surface area contributed by atoms with Gasteiger partial charge >= 0.3 is 0 Å². The normalized spacial score (nSPS) is 12.0. The molecular formula is C19H23N3. The summed E-state index contributed by atoms with van der Waals surface area (Å²) in [5, 5.41) is 0. The molecule has 0 aliphatic carbocycles. The molecule has 1 aromatic carbocycles. The number of hydrogen-bond acceptors (Lipinski definition) is 2. The average molecular weight is 293 g/mol. The molecule has 0 saturated carbocycles. The van der Waals surface area contributed by atoms with Gasteiger partial charge in [0.15, 0.2) is 0 Å². The van der Waals surface area contributed by atoms with E-state index in [4.69, 9.17) is 10.7 Å². The van der Waals surface area contributed by atoms with E-state index in [1.54, 1.807) is 0 Å². The molecule has 22 heavy (non-hydrogen) atoms. The lowest BCUT2D eigenvalue weighted by Crippen LogP contribution is -2.10. The van der Waals surface area contributed by atoms with Crippen LogP contribution in [-0.2, 0) is 11.8 Å². The third kappa shape index (κ3) is 2.64. The molecule has 0 amide bonds. The molecule has 0 unspecified atom stereocenters. The minimum Gasteiger partial charge on any atom is -0.330 e. The van der Waals surface area contributed by atoms with Crippen LogP contribution < -0.4 is 5.73 Å². The first-order chi connectivity index (χ1) is 10.5. The predicted octanol–water partition coefficient (Wildman–Crippen LogP) is 3.80. The van der Waals surface area contributed by atoms with Crippen molar-refractivity contribution in [3.05, 3.63) is 59.9 Å². The fourth-order valence-electron chi connectivity index (χ4n) is 2.78. The first kappa shape index (κ1) is 14.8. The van der Waals surface area contributed by atoms with Gasteiger partial charge in [-0.25, -0.2) is 4.98 Å². The summed E-state index contributed by atoms with van der Waals surface area (Å²) in [6.45, 7) is 7.31. The fraction of sp³-hybridized carbons (Fsp3) is 0.316. The number of rotatable bonds is 3. The van der Waals surface area contributed by atoms with E-state index in [1.165, 1.54) is 11.3 Å². The predicted molar refractivity (Wildman–Crippen MR) is 92.1 cm³/mol. The molecule has 0 radical (unpaired) electrons. The van der Waals surface area contributed by atoms with Gasteiger partial charge in [-0.05, 0) is 29.7 Å². The minimum atomic E-state index is 0.164. The van der Waals surface area contributed by atoms with E-state index in [1.807, 2.05) is 18.2 Å².